The van der Waals surface area contributed by atoms with Gasteiger partial charge >= 0.3 is 0 Å². The van der Waals surface area contributed by atoms with Crippen LogP contribution in [0.2, 0.25) is 0 Å². The Labute approximate surface area is 109 Å². The minimum atomic E-state index is -0.0305. The van der Waals surface area contributed by atoms with Crippen molar-refractivity contribution in [2.45, 2.75) is 43.9 Å². The second-order valence-electron chi connectivity index (χ2n) is 5.50. The lowest BCUT2D eigenvalue weighted by Crippen LogP contribution is -2.45. The molecule has 17 heavy (non-hydrogen) atoms. The van der Waals surface area contributed by atoms with Crippen molar-refractivity contribution in [3.8, 4) is 0 Å². The zero-order valence-electron chi connectivity index (χ0n) is 11.1. The Balaban J connectivity index is 2.81. The second-order valence-corrected chi connectivity index (χ2v) is 6.78. The van der Waals surface area contributed by atoms with Gasteiger partial charge in [-0.2, -0.15) is 0 Å². The van der Waals surface area contributed by atoms with Crippen LogP contribution in [0.25, 0.3) is 0 Å². The fraction of sp³-hybridized carbons (Fsp3) is 0.571. The summed E-state index contributed by atoms with van der Waals surface area (Å²) >= 11 is 1.68. The highest BCUT2D eigenvalue weighted by molar-refractivity contribution is 8.00. The molecule has 3 heteroatoms. The zero-order chi connectivity index (χ0) is 13.1. The lowest BCUT2D eigenvalue weighted by Gasteiger charge is -2.33. The Morgan fingerprint density at radius 1 is 1.29 bits per heavy atom. The molecule has 0 aliphatic heterocycles. The standard InChI is InChI=1S/C14H23NOS/c1-10-7-5-6-8-11(10)17-12(9-16)13(15)14(2,3)4/h5-8,12-13,16H,9,15H2,1-4H3. The summed E-state index contributed by atoms with van der Waals surface area (Å²) in [6, 6.07) is 8.18. The predicted molar refractivity (Wildman–Crippen MR) is 75.3 cm³/mol. The number of hydrogen-bond acceptors (Lipinski definition) is 3. The number of nitrogens with two attached hydrogens (primary N) is 1. The minimum Gasteiger partial charge on any atom is -0.395 e. The van der Waals surface area contributed by atoms with Crippen LogP contribution in [0.1, 0.15) is 26.3 Å². The van der Waals surface area contributed by atoms with Crippen molar-refractivity contribution in [2.75, 3.05) is 6.61 Å². The Bertz CT molecular complexity index is 359. The molecule has 2 atom stereocenters. The molecule has 96 valence electrons. The van der Waals surface area contributed by atoms with Gasteiger partial charge in [-0.25, -0.2) is 0 Å². The summed E-state index contributed by atoms with van der Waals surface area (Å²) in [6.07, 6.45) is 0. The van der Waals surface area contributed by atoms with E-state index < -0.39 is 0 Å². The summed E-state index contributed by atoms with van der Waals surface area (Å²) in [5.41, 5.74) is 7.46. The van der Waals surface area contributed by atoms with Crippen LogP contribution in [-0.2, 0) is 0 Å². The van der Waals surface area contributed by atoms with Gasteiger partial charge in [0.2, 0.25) is 0 Å². The van der Waals surface area contributed by atoms with Gasteiger partial charge in [0.05, 0.1) is 6.61 Å². The average Bonchev–Trinajstić information content (AvgIpc) is 2.26. The van der Waals surface area contributed by atoms with Gasteiger partial charge in [0, 0.05) is 16.2 Å². The largest absolute Gasteiger partial charge is 0.395 e. The third-order valence-corrected chi connectivity index (χ3v) is 4.41. The van der Waals surface area contributed by atoms with Crippen LogP contribution in [0.4, 0.5) is 0 Å². The van der Waals surface area contributed by atoms with Crippen LogP contribution in [0.5, 0.6) is 0 Å². The number of hydrogen-bond donors (Lipinski definition) is 2. The summed E-state index contributed by atoms with van der Waals surface area (Å²) in [6.45, 7) is 8.52. The smallest absolute Gasteiger partial charge is 0.0568 e. The van der Waals surface area contributed by atoms with E-state index in [1.165, 1.54) is 10.5 Å². The first-order valence-electron chi connectivity index (χ1n) is 5.95. The van der Waals surface area contributed by atoms with E-state index in [1.54, 1.807) is 11.8 Å². The highest BCUT2D eigenvalue weighted by Crippen LogP contribution is 2.32. The normalized spacial score (nSPS) is 15.6. The van der Waals surface area contributed by atoms with Crippen LogP contribution in [-0.4, -0.2) is 23.0 Å². The number of aliphatic hydroxyl groups is 1. The average molecular weight is 253 g/mol. The zero-order valence-corrected chi connectivity index (χ0v) is 11.9. The lowest BCUT2D eigenvalue weighted by atomic mass is 9.85. The fourth-order valence-electron chi connectivity index (χ4n) is 1.63. The summed E-state index contributed by atoms with van der Waals surface area (Å²) in [5, 5.41) is 9.55. The quantitative estimate of drug-likeness (QED) is 0.811. The summed E-state index contributed by atoms with van der Waals surface area (Å²) in [4.78, 5) is 1.20. The van der Waals surface area contributed by atoms with Gasteiger partial charge in [-0.05, 0) is 24.0 Å². The van der Waals surface area contributed by atoms with E-state index in [2.05, 4.69) is 39.8 Å². The molecule has 0 heterocycles. The molecule has 3 N–H and O–H groups in total. The predicted octanol–water partition coefficient (Wildman–Crippen LogP) is 2.82. The van der Waals surface area contributed by atoms with Gasteiger partial charge in [-0.1, -0.05) is 39.0 Å². The Hall–Kier alpha value is -0.510. The lowest BCUT2D eigenvalue weighted by molar-refractivity contribution is 0.233. The van der Waals surface area contributed by atoms with Crippen molar-refractivity contribution >= 4 is 11.8 Å². The van der Waals surface area contributed by atoms with Crippen LogP contribution in [0.15, 0.2) is 29.2 Å². The molecule has 0 aliphatic carbocycles. The molecule has 0 saturated heterocycles. The van der Waals surface area contributed by atoms with Crippen LogP contribution >= 0.6 is 11.8 Å². The van der Waals surface area contributed by atoms with Gasteiger partial charge in [-0.15, -0.1) is 11.8 Å². The van der Waals surface area contributed by atoms with Gasteiger partial charge in [0.1, 0.15) is 0 Å². The molecule has 2 nitrogen and oxygen atoms in total. The number of thioether (sulfide) groups is 1. The van der Waals surface area contributed by atoms with E-state index in [4.69, 9.17) is 5.73 Å². The van der Waals surface area contributed by atoms with Crippen molar-refractivity contribution in [1.29, 1.82) is 0 Å². The van der Waals surface area contributed by atoms with E-state index in [9.17, 15) is 5.11 Å². The molecule has 0 spiro atoms. The molecule has 1 rings (SSSR count). The van der Waals surface area contributed by atoms with Crippen LogP contribution in [0.3, 0.4) is 0 Å². The first-order valence-corrected chi connectivity index (χ1v) is 6.83. The maximum absolute atomic E-state index is 9.51. The Kier molecular flexibility index (Phi) is 5.04. The molecule has 0 bridgehead atoms. The number of rotatable bonds is 4. The number of aliphatic hydroxyl groups excluding tert-OH is 1. The van der Waals surface area contributed by atoms with Crippen LogP contribution in [0, 0.1) is 12.3 Å². The molecule has 0 radical (unpaired) electrons. The van der Waals surface area contributed by atoms with Crippen molar-refractivity contribution < 1.29 is 5.11 Å². The first kappa shape index (κ1) is 14.6. The molecule has 1 aromatic rings. The third kappa shape index (κ3) is 4.02. The molecule has 2 unspecified atom stereocenters. The Morgan fingerprint density at radius 2 is 1.88 bits per heavy atom. The van der Waals surface area contributed by atoms with E-state index in [1.807, 2.05) is 12.1 Å². The van der Waals surface area contributed by atoms with Gasteiger partial charge in [0.15, 0.2) is 0 Å². The van der Waals surface area contributed by atoms with E-state index in [-0.39, 0.29) is 23.3 Å². The maximum Gasteiger partial charge on any atom is 0.0568 e. The highest BCUT2D eigenvalue weighted by Gasteiger charge is 2.29. The third-order valence-electron chi connectivity index (χ3n) is 2.95. The van der Waals surface area contributed by atoms with Crippen molar-refractivity contribution in [2.24, 2.45) is 11.1 Å². The van der Waals surface area contributed by atoms with Crippen molar-refractivity contribution in [3.63, 3.8) is 0 Å². The number of benzene rings is 1. The minimum absolute atomic E-state index is 0.00306. The molecule has 0 fully saturated rings. The van der Waals surface area contributed by atoms with Crippen molar-refractivity contribution in [1.82, 2.24) is 0 Å². The maximum atomic E-state index is 9.51. The van der Waals surface area contributed by atoms with Gasteiger partial charge in [-0.3, -0.25) is 0 Å². The molecule has 0 aliphatic rings. The van der Waals surface area contributed by atoms with Gasteiger partial charge < -0.3 is 10.8 Å². The number of aryl methyl sites for hydroxylation is 1. The van der Waals surface area contributed by atoms with E-state index >= 15 is 0 Å². The highest BCUT2D eigenvalue weighted by atomic mass is 32.2. The molecule has 1 aromatic carbocycles. The fourth-order valence-corrected chi connectivity index (χ4v) is 3.00. The topological polar surface area (TPSA) is 46.2 Å². The summed E-state index contributed by atoms with van der Waals surface area (Å²) in [7, 11) is 0. The second kappa shape index (κ2) is 5.89. The molecular formula is C14H23NOS. The van der Waals surface area contributed by atoms with Crippen molar-refractivity contribution in [3.05, 3.63) is 29.8 Å². The first-order chi connectivity index (χ1) is 7.86. The summed E-state index contributed by atoms with van der Waals surface area (Å²) in [5.74, 6) is 0. The molecule has 0 amide bonds. The van der Waals surface area contributed by atoms with E-state index in [0.29, 0.717) is 0 Å². The summed E-state index contributed by atoms with van der Waals surface area (Å²) < 4.78 is 0. The van der Waals surface area contributed by atoms with E-state index in [0.717, 1.165) is 0 Å². The van der Waals surface area contributed by atoms with Gasteiger partial charge in [0.25, 0.3) is 0 Å². The van der Waals surface area contributed by atoms with Crippen LogP contribution < -0.4 is 5.73 Å². The molecule has 0 saturated carbocycles. The molecule has 0 aromatic heterocycles. The SMILES string of the molecule is Cc1ccccc1SC(CO)C(N)C(C)(C)C. The Morgan fingerprint density at radius 3 is 2.35 bits per heavy atom. The monoisotopic (exact) mass is 253 g/mol. The molecular weight excluding hydrogens is 230 g/mol.